The van der Waals surface area contributed by atoms with E-state index in [9.17, 15) is 15.0 Å². The first-order valence-electron chi connectivity index (χ1n) is 12.7. The van der Waals surface area contributed by atoms with E-state index in [2.05, 4.69) is 5.32 Å². The molecule has 1 amide bonds. The number of amides is 1. The number of nitrogens with one attached hydrogen (secondary N) is 2. The van der Waals surface area contributed by atoms with Gasteiger partial charge in [0, 0.05) is 42.1 Å². The molecule has 2 aliphatic rings. The molecular weight excluding hydrogens is 513 g/mol. The van der Waals surface area contributed by atoms with Gasteiger partial charge in [0.1, 0.15) is 12.3 Å². The number of nitrogens with zero attached hydrogens (tertiary/aromatic N) is 2. The molecule has 200 valence electrons. The van der Waals surface area contributed by atoms with E-state index < -0.39 is 30.2 Å². The van der Waals surface area contributed by atoms with Crippen molar-refractivity contribution in [3.63, 3.8) is 0 Å². The van der Waals surface area contributed by atoms with Gasteiger partial charge >= 0.3 is 0 Å². The van der Waals surface area contributed by atoms with Gasteiger partial charge in [-0.15, -0.1) is 0 Å². The number of piperidine rings is 1. The molecule has 0 aliphatic carbocycles. The molecule has 0 bridgehead atoms. The first-order valence-corrected chi connectivity index (χ1v) is 13.5. The molecule has 0 aromatic heterocycles. The average molecular weight is 549 g/mol. The molecule has 2 unspecified atom stereocenters. The van der Waals surface area contributed by atoms with Crippen LogP contribution in [0.15, 0.2) is 48.5 Å². The van der Waals surface area contributed by atoms with Gasteiger partial charge in [-0.1, -0.05) is 47.5 Å². The van der Waals surface area contributed by atoms with Crippen LogP contribution in [0.1, 0.15) is 42.7 Å². The summed E-state index contributed by atoms with van der Waals surface area (Å²) in [7, 11) is 0. The van der Waals surface area contributed by atoms with Gasteiger partial charge in [-0.05, 0) is 67.0 Å². The lowest BCUT2D eigenvalue weighted by Gasteiger charge is -2.35. The van der Waals surface area contributed by atoms with E-state index >= 15 is 0 Å². The Bertz CT molecular complexity index is 1020. The van der Waals surface area contributed by atoms with Crippen molar-refractivity contribution < 1.29 is 15.0 Å². The van der Waals surface area contributed by atoms with E-state index in [0.29, 0.717) is 35.5 Å². The fraction of sp³-hybridized carbons (Fsp3) is 0.481. The number of hydrogen-bond donors (Lipinski definition) is 5. The molecule has 4 rings (SSSR count). The summed E-state index contributed by atoms with van der Waals surface area (Å²) >= 11 is 12.2. The molecule has 2 aromatic rings. The van der Waals surface area contributed by atoms with Crippen molar-refractivity contribution in [3.05, 3.63) is 69.7 Å². The number of carbonyl (C=O) groups excluding carboxylic acids is 1. The van der Waals surface area contributed by atoms with Crippen LogP contribution < -0.4 is 11.1 Å². The second kappa shape index (κ2) is 12.5. The van der Waals surface area contributed by atoms with Crippen LogP contribution in [0.5, 0.6) is 0 Å². The number of rotatable bonds is 8. The van der Waals surface area contributed by atoms with E-state index in [1.807, 2.05) is 29.2 Å². The number of hydrogen-bond acceptors (Lipinski definition) is 5. The zero-order chi connectivity index (χ0) is 26.5. The minimum Gasteiger partial charge on any atom is -0.382 e. The molecule has 10 heteroatoms. The van der Waals surface area contributed by atoms with Crippen LogP contribution in [0.4, 0.5) is 0 Å². The summed E-state index contributed by atoms with van der Waals surface area (Å²) < 4.78 is 0. The summed E-state index contributed by atoms with van der Waals surface area (Å²) in [5.74, 6) is -0.561. The SMILES string of the molecule is N=C(N)N1CCC(CNC(O)C2CCCN2C(=O)[C@H](O)C(c2ccc(Cl)cc2)c2ccc(Cl)cc2)CC1. The quantitative estimate of drug-likeness (QED) is 0.196. The van der Waals surface area contributed by atoms with Crippen molar-refractivity contribution in [2.75, 3.05) is 26.2 Å². The summed E-state index contributed by atoms with van der Waals surface area (Å²) in [4.78, 5) is 17.1. The molecule has 37 heavy (non-hydrogen) atoms. The molecule has 2 fully saturated rings. The molecule has 8 nitrogen and oxygen atoms in total. The summed E-state index contributed by atoms with van der Waals surface area (Å²) in [6, 6.07) is 13.8. The summed E-state index contributed by atoms with van der Waals surface area (Å²) in [5, 5.41) is 34.3. The van der Waals surface area contributed by atoms with Gasteiger partial charge in [0.05, 0.1) is 6.04 Å². The molecule has 2 heterocycles. The number of guanidine groups is 1. The number of aliphatic hydroxyl groups excluding tert-OH is 2. The number of halogens is 2. The number of likely N-dealkylation sites (tertiary alicyclic amines) is 2. The first kappa shape index (κ1) is 27.7. The monoisotopic (exact) mass is 547 g/mol. The van der Waals surface area contributed by atoms with Gasteiger partial charge in [0.25, 0.3) is 5.91 Å². The minimum atomic E-state index is -1.34. The minimum absolute atomic E-state index is 0.0978. The maximum Gasteiger partial charge on any atom is 0.252 e. The standard InChI is InChI=1S/C27H35Cl2N5O3/c28-20-7-3-18(4-8-20)23(19-5-9-21(29)10-6-19)24(35)26(37)34-13-1-2-22(34)25(36)32-16-17-11-14-33(15-12-17)27(30)31/h3-10,17,22-25,32,35-36H,1-2,11-16H2,(H3,30,31)/t22?,24-,25?/m1/s1. The second-order valence-electron chi connectivity index (χ2n) is 9.94. The Hall–Kier alpha value is -2.36. The number of nitrogens with two attached hydrogens (primary N) is 1. The van der Waals surface area contributed by atoms with Crippen LogP contribution in [-0.2, 0) is 4.79 Å². The van der Waals surface area contributed by atoms with E-state index in [0.717, 1.165) is 43.5 Å². The van der Waals surface area contributed by atoms with Crippen molar-refractivity contribution >= 4 is 35.1 Å². The topological polar surface area (TPSA) is 126 Å². The maximum atomic E-state index is 13.6. The molecule has 6 N–H and O–H groups in total. The Balaban J connectivity index is 1.44. The van der Waals surface area contributed by atoms with Crippen LogP contribution >= 0.6 is 23.2 Å². The highest BCUT2D eigenvalue weighted by Gasteiger charge is 2.40. The Labute approximate surface area is 227 Å². The molecule has 2 aromatic carbocycles. The van der Waals surface area contributed by atoms with Gasteiger partial charge in [-0.25, -0.2) is 0 Å². The smallest absolute Gasteiger partial charge is 0.252 e. The predicted molar refractivity (Wildman–Crippen MR) is 146 cm³/mol. The van der Waals surface area contributed by atoms with Crippen molar-refractivity contribution in [1.29, 1.82) is 5.41 Å². The first-order chi connectivity index (χ1) is 17.7. The lowest BCUT2D eigenvalue weighted by molar-refractivity contribution is -0.144. The molecular formula is C27H35Cl2N5O3. The predicted octanol–water partition coefficient (Wildman–Crippen LogP) is 2.99. The Morgan fingerprint density at radius 3 is 2.03 bits per heavy atom. The van der Waals surface area contributed by atoms with Gasteiger partial charge in [-0.2, -0.15) is 0 Å². The zero-order valence-corrected chi connectivity index (χ0v) is 22.2. The molecule has 3 atom stereocenters. The maximum absolute atomic E-state index is 13.6. The number of aliphatic hydroxyl groups is 2. The average Bonchev–Trinajstić information content (AvgIpc) is 3.39. The lowest BCUT2D eigenvalue weighted by atomic mass is 9.86. The highest BCUT2D eigenvalue weighted by atomic mass is 35.5. The Morgan fingerprint density at radius 1 is 0.973 bits per heavy atom. The third-order valence-corrected chi connectivity index (χ3v) is 8.05. The van der Waals surface area contributed by atoms with Crippen LogP contribution in [0, 0.1) is 11.3 Å². The fourth-order valence-corrected chi connectivity index (χ4v) is 5.66. The number of carbonyl (C=O) groups is 1. The highest BCUT2D eigenvalue weighted by Crippen LogP contribution is 2.32. The third-order valence-electron chi connectivity index (χ3n) is 7.54. The zero-order valence-electron chi connectivity index (χ0n) is 20.7. The van der Waals surface area contributed by atoms with E-state index in [-0.39, 0.29) is 5.96 Å². The van der Waals surface area contributed by atoms with Gasteiger partial charge < -0.3 is 25.7 Å². The van der Waals surface area contributed by atoms with Gasteiger partial charge in [0.15, 0.2) is 5.96 Å². The highest BCUT2D eigenvalue weighted by molar-refractivity contribution is 6.30. The normalized spacial score (nSPS) is 20.3. The van der Waals surface area contributed by atoms with Crippen molar-refractivity contribution in [2.45, 2.75) is 50.0 Å². The largest absolute Gasteiger partial charge is 0.382 e. The fourth-order valence-electron chi connectivity index (χ4n) is 5.41. The summed E-state index contributed by atoms with van der Waals surface area (Å²) in [6.07, 6.45) is 0.942. The molecule has 0 radical (unpaired) electrons. The van der Waals surface area contributed by atoms with Gasteiger partial charge in [0.2, 0.25) is 0 Å². The molecule has 0 saturated carbocycles. The summed E-state index contributed by atoms with van der Waals surface area (Å²) in [6.45, 7) is 2.56. The third kappa shape index (κ3) is 6.75. The molecule has 2 saturated heterocycles. The van der Waals surface area contributed by atoms with E-state index in [1.165, 1.54) is 0 Å². The van der Waals surface area contributed by atoms with Crippen LogP contribution in [0.2, 0.25) is 10.0 Å². The Kier molecular flexibility index (Phi) is 9.31. The van der Waals surface area contributed by atoms with Crippen molar-refractivity contribution in [1.82, 2.24) is 15.1 Å². The Morgan fingerprint density at radius 2 is 1.51 bits per heavy atom. The van der Waals surface area contributed by atoms with Crippen molar-refractivity contribution in [3.8, 4) is 0 Å². The second-order valence-corrected chi connectivity index (χ2v) is 10.8. The van der Waals surface area contributed by atoms with Crippen LogP contribution in [-0.4, -0.2) is 76.4 Å². The van der Waals surface area contributed by atoms with Crippen LogP contribution in [0.3, 0.4) is 0 Å². The van der Waals surface area contributed by atoms with E-state index in [4.69, 9.17) is 34.3 Å². The summed E-state index contributed by atoms with van der Waals surface area (Å²) in [5.41, 5.74) is 7.10. The molecule has 2 aliphatic heterocycles. The van der Waals surface area contributed by atoms with Crippen LogP contribution in [0.25, 0.3) is 0 Å². The van der Waals surface area contributed by atoms with E-state index in [1.54, 1.807) is 29.2 Å². The van der Waals surface area contributed by atoms with Gasteiger partial charge in [-0.3, -0.25) is 15.5 Å². The number of benzene rings is 2. The molecule has 0 spiro atoms. The lowest BCUT2D eigenvalue weighted by Crippen LogP contribution is -2.53. The van der Waals surface area contributed by atoms with Crippen molar-refractivity contribution in [2.24, 2.45) is 11.7 Å².